The first-order chi connectivity index (χ1) is 12.5. The van der Waals surface area contributed by atoms with Gasteiger partial charge in [0.15, 0.2) is 0 Å². The van der Waals surface area contributed by atoms with Crippen LogP contribution in [0.2, 0.25) is 0 Å². The van der Waals surface area contributed by atoms with Crippen LogP contribution in [-0.2, 0) is 26.0 Å². The Morgan fingerprint density at radius 2 is 2.07 bits per heavy atom. The van der Waals surface area contributed by atoms with E-state index < -0.39 is 16.1 Å². The highest BCUT2D eigenvalue weighted by Crippen LogP contribution is 2.28. The summed E-state index contributed by atoms with van der Waals surface area (Å²) in [6.07, 6.45) is 0.861. The smallest absolute Gasteiger partial charge is 0.226 e. The maximum atomic E-state index is 12.5. The zero-order valence-corrected chi connectivity index (χ0v) is 17.2. The number of carbonyl (C=O) groups excluding carboxylic acids is 2. The SMILES string of the molecule is CC(=O)Nc1ccc2c(c1)CC(=O)N(C)C[C@H](C)[C@@H](CN(C)S(C)(=O)=O)O2. The number of sulfonamides is 1. The van der Waals surface area contributed by atoms with Crippen LogP contribution in [0.1, 0.15) is 19.4 Å². The molecular weight excluding hydrogens is 370 g/mol. The van der Waals surface area contributed by atoms with Gasteiger partial charge in [-0.25, -0.2) is 12.7 Å². The lowest BCUT2D eigenvalue weighted by molar-refractivity contribution is -0.129. The predicted octanol–water partition coefficient (Wildman–Crippen LogP) is 0.934. The van der Waals surface area contributed by atoms with Crippen molar-refractivity contribution in [2.24, 2.45) is 5.92 Å². The second kappa shape index (κ2) is 8.26. The van der Waals surface area contributed by atoms with E-state index in [0.717, 1.165) is 6.26 Å². The summed E-state index contributed by atoms with van der Waals surface area (Å²) in [6.45, 7) is 3.97. The van der Waals surface area contributed by atoms with E-state index in [1.165, 1.54) is 18.3 Å². The number of nitrogens with one attached hydrogen (secondary N) is 1. The highest BCUT2D eigenvalue weighted by atomic mass is 32.2. The molecule has 8 nitrogen and oxygen atoms in total. The number of anilines is 1. The topological polar surface area (TPSA) is 96.0 Å². The van der Waals surface area contributed by atoms with Crippen molar-refractivity contribution < 1.29 is 22.7 Å². The molecule has 9 heteroatoms. The van der Waals surface area contributed by atoms with Gasteiger partial charge in [-0.1, -0.05) is 6.92 Å². The Morgan fingerprint density at radius 3 is 2.67 bits per heavy atom. The van der Waals surface area contributed by atoms with Crippen LogP contribution in [0.25, 0.3) is 0 Å². The first kappa shape index (κ1) is 21.2. The summed E-state index contributed by atoms with van der Waals surface area (Å²) >= 11 is 0. The molecule has 1 aliphatic heterocycles. The summed E-state index contributed by atoms with van der Waals surface area (Å²) in [4.78, 5) is 25.5. The van der Waals surface area contributed by atoms with Gasteiger partial charge < -0.3 is 15.0 Å². The molecular formula is C18H27N3O5S. The summed E-state index contributed by atoms with van der Waals surface area (Å²) < 4.78 is 31.0. The number of nitrogens with zero attached hydrogens (tertiary/aromatic N) is 2. The van der Waals surface area contributed by atoms with Gasteiger partial charge >= 0.3 is 0 Å². The van der Waals surface area contributed by atoms with Crippen molar-refractivity contribution >= 4 is 27.5 Å². The van der Waals surface area contributed by atoms with Gasteiger partial charge in [0, 0.05) is 44.7 Å². The normalized spacial score (nSPS) is 21.0. The summed E-state index contributed by atoms with van der Waals surface area (Å²) in [7, 11) is -0.124. The van der Waals surface area contributed by atoms with Crippen molar-refractivity contribution in [3.63, 3.8) is 0 Å². The van der Waals surface area contributed by atoms with E-state index in [-0.39, 0.29) is 30.7 Å². The quantitative estimate of drug-likeness (QED) is 0.816. The number of fused-ring (bicyclic) bond motifs is 1. The zero-order valence-electron chi connectivity index (χ0n) is 16.4. The fourth-order valence-electron chi connectivity index (χ4n) is 2.95. The van der Waals surface area contributed by atoms with Crippen LogP contribution in [0.3, 0.4) is 0 Å². The van der Waals surface area contributed by atoms with E-state index >= 15 is 0 Å². The summed E-state index contributed by atoms with van der Waals surface area (Å²) in [5, 5.41) is 2.70. The highest BCUT2D eigenvalue weighted by Gasteiger charge is 2.29. The summed E-state index contributed by atoms with van der Waals surface area (Å²) in [6, 6.07) is 5.13. The molecule has 27 heavy (non-hydrogen) atoms. The lowest BCUT2D eigenvalue weighted by atomic mass is 10.0. The minimum atomic E-state index is -3.35. The molecule has 0 spiro atoms. The lowest BCUT2D eigenvalue weighted by Gasteiger charge is -2.30. The van der Waals surface area contributed by atoms with Crippen LogP contribution < -0.4 is 10.1 Å². The van der Waals surface area contributed by atoms with Crippen LogP contribution in [0.15, 0.2) is 18.2 Å². The molecule has 0 unspecified atom stereocenters. The fraction of sp³-hybridized carbons (Fsp3) is 0.556. The number of rotatable bonds is 4. The van der Waals surface area contributed by atoms with Crippen molar-refractivity contribution in [1.29, 1.82) is 0 Å². The van der Waals surface area contributed by atoms with Crippen molar-refractivity contribution in [3.05, 3.63) is 23.8 Å². The molecule has 2 amide bonds. The Morgan fingerprint density at radius 1 is 1.41 bits per heavy atom. The van der Waals surface area contributed by atoms with Crippen LogP contribution >= 0.6 is 0 Å². The standard InChI is InChI=1S/C18H27N3O5S/c1-12-10-20(3)18(23)9-14-8-15(19-13(2)22)6-7-16(14)26-17(12)11-21(4)27(5,24)25/h6-8,12,17H,9-11H2,1-5H3,(H,19,22)/t12-,17+/m0/s1. The van der Waals surface area contributed by atoms with Crippen LogP contribution in [0.4, 0.5) is 5.69 Å². The molecule has 2 atom stereocenters. The lowest BCUT2D eigenvalue weighted by Crippen LogP contribution is -2.43. The third kappa shape index (κ3) is 5.67. The van der Waals surface area contributed by atoms with Gasteiger partial charge in [-0.3, -0.25) is 9.59 Å². The van der Waals surface area contributed by atoms with E-state index in [0.29, 0.717) is 23.5 Å². The highest BCUT2D eigenvalue weighted by molar-refractivity contribution is 7.88. The average Bonchev–Trinajstić information content (AvgIpc) is 2.57. The Labute approximate surface area is 160 Å². The molecule has 150 valence electrons. The number of carbonyl (C=O) groups is 2. The van der Waals surface area contributed by atoms with Crippen LogP contribution in [-0.4, -0.2) is 69.0 Å². The second-order valence-electron chi connectivity index (χ2n) is 7.13. The van der Waals surface area contributed by atoms with Gasteiger partial charge in [-0.2, -0.15) is 0 Å². The van der Waals surface area contributed by atoms with E-state index in [1.54, 1.807) is 30.1 Å². The Hall–Kier alpha value is -2.13. The van der Waals surface area contributed by atoms with E-state index in [4.69, 9.17) is 4.74 Å². The number of hydrogen-bond acceptors (Lipinski definition) is 5. The first-order valence-electron chi connectivity index (χ1n) is 8.70. The number of benzene rings is 1. The molecule has 0 saturated heterocycles. The molecule has 2 rings (SSSR count). The van der Waals surface area contributed by atoms with Gasteiger partial charge in [0.2, 0.25) is 21.8 Å². The molecule has 0 bridgehead atoms. The Bertz CT molecular complexity index is 824. The Kier molecular flexibility index (Phi) is 6.48. The van der Waals surface area contributed by atoms with Crippen LogP contribution in [0, 0.1) is 5.92 Å². The maximum Gasteiger partial charge on any atom is 0.226 e. The fourth-order valence-corrected chi connectivity index (χ4v) is 3.37. The monoisotopic (exact) mass is 397 g/mol. The van der Waals surface area contributed by atoms with Crippen molar-refractivity contribution in [2.45, 2.75) is 26.4 Å². The molecule has 0 radical (unpaired) electrons. The maximum absolute atomic E-state index is 12.5. The molecule has 1 N–H and O–H groups in total. The summed E-state index contributed by atoms with van der Waals surface area (Å²) in [5.41, 5.74) is 1.23. The predicted molar refractivity (Wildman–Crippen MR) is 103 cm³/mol. The van der Waals surface area contributed by atoms with E-state index in [2.05, 4.69) is 5.32 Å². The number of ether oxygens (including phenoxy) is 1. The number of hydrogen-bond donors (Lipinski definition) is 1. The minimum absolute atomic E-state index is 0.0659. The van der Waals surface area contributed by atoms with Gasteiger partial charge in [0.05, 0.1) is 19.2 Å². The van der Waals surface area contributed by atoms with Gasteiger partial charge in [0.25, 0.3) is 0 Å². The molecule has 1 aliphatic rings. The molecule has 0 fully saturated rings. The summed E-state index contributed by atoms with van der Waals surface area (Å²) in [5.74, 6) is 0.170. The minimum Gasteiger partial charge on any atom is -0.488 e. The number of amides is 2. The van der Waals surface area contributed by atoms with Gasteiger partial charge in [0.1, 0.15) is 11.9 Å². The molecule has 0 aliphatic carbocycles. The van der Waals surface area contributed by atoms with Crippen molar-refractivity contribution in [3.8, 4) is 5.75 Å². The molecule has 1 aromatic carbocycles. The van der Waals surface area contributed by atoms with Gasteiger partial charge in [-0.15, -0.1) is 0 Å². The molecule has 1 heterocycles. The Balaban J connectivity index is 2.39. The molecule has 0 aromatic heterocycles. The van der Waals surface area contributed by atoms with Gasteiger partial charge in [-0.05, 0) is 18.2 Å². The second-order valence-corrected chi connectivity index (χ2v) is 9.22. The number of likely N-dealkylation sites (N-methyl/N-ethyl adjacent to an activating group) is 2. The van der Waals surface area contributed by atoms with E-state index in [1.807, 2.05) is 6.92 Å². The van der Waals surface area contributed by atoms with E-state index in [9.17, 15) is 18.0 Å². The van der Waals surface area contributed by atoms with Crippen molar-refractivity contribution in [1.82, 2.24) is 9.21 Å². The third-order valence-corrected chi connectivity index (χ3v) is 5.91. The first-order valence-corrected chi connectivity index (χ1v) is 10.5. The average molecular weight is 397 g/mol. The zero-order chi connectivity index (χ0) is 20.4. The largest absolute Gasteiger partial charge is 0.488 e. The van der Waals surface area contributed by atoms with Crippen LogP contribution in [0.5, 0.6) is 5.75 Å². The van der Waals surface area contributed by atoms with Crippen molar-refractivity contribution in [2.75, 3.05) is 38.8 Å². The third-order valence-electron chi connectivity index (χ3n) is 4.63. The molecule has 1 aromatic rings. The molecule has 0 saturated carbocycles.